The number of hydrogen-bond donors (Lipinski definition) is 2. The minimum absolute atomic E-state index is 0.203. The predicted molar refractivity (Wildman–Crippen MR) is 86.3 cm³/mol. The van der Waals surface area contributed by atoms with Crippen LogP contribution >= 0.6 is 12.2 Å². The Morgan fingerprint density at radius 2 is 2.10 bits per heavy atom. The van der Waals surface area contributed by atoms with Crippen LogP contribution in [0.4, 0.5) is 0 Å². The molecule has 0 atom stereocenters. The van der Waals surface area contributed by atoms with Gasteiger partial charge in [-0.3, -0.25) is 4.79 Å². The molecule has 3 N–H and O–H groups in total. The number of thiocarbonyl (C=S) groups is 1. The average molecular weight is 329 g/mol. The van der Waals surface area contributed by atoms with Crippen molar-refractivity contribution in [3.63, 3.8) is 0 Å². The van der Waals surface area contributed by atoms with E-state index in [0.29, 0.717) is 17.7 Å². The summed E-state index contributed by atoms with van der Waals surface area (Å²) in [6.45, 7) is 2.03. The Hall–Kier alpha value is -1.51. The molecule has 1 rings (SSSR count). The summed E-state index contributed by atoms with van der Waals surface area (Å²) in [4.78, 5) is 11.7. The highest BCUT2D eigenvalue weighted by Crippen LogP contribution is 2.11. The zero-order valence-electron chi connectivity index (χ0n) is 12.0. The van der Waals surface area contributed by atoms with E-state index in [4.69, 9.17) is 18.0 Å². The Bertz CT molecular complexity index is 629. The standard InChI is InChI=1S/C13H19N3O3S2/c1-3-15-12(17)8-16(2)21(18,19)9-10-5-4-6-11(7-10)13(14)20/h4-7H,3,8-9H2,1-2H3,(H2,14,20)(H,15,17). The van der Waals surface area contributed by atoms with Crippen LogP contribution in [0.1, 0.15) is 18.1 Å². The zero-order chi connectivity index (χ0) is 16.0. The van der Waals surface area contributed by atoms with Crippen LogP contribution in [-0.2, 0) is 20.6 Å². The fourth-order valence-corrected chi connectivity index (χ4v) is 2.95. The number of benzene rings is 1. The van der Waals surface area contributed by atoms with E-state index in [2.05, 4.69) is 5.32 Å². The molecule has 0 aliphatic rings. The molecule has 0 heterocycles. The van der Waals surface area contributed by atoms with E-state index in [1.165, 1.54) is 7.05 Å². The summed E-state index contributed by atoms with van der Waals surface area (Å²) in [6, 6.07) is 6.74. The van der Waals surface area contributed by atoms with Gasteiger partial charge in [0.2, 0.25) is 15.9 Å². The number of carbonyl (C=O) groups excluding carboxylic acids is 1. The molecule has 0 radical (unpaired) electrons. The maximum Gasteiger partial charge on any atom is 0.235 e. The first-order valence-electron chi connectivity index (χ1n) is 6.35. The largest absolute Gasteiger partial charge is 0.389 e. The van der Waals surface area contributed by atoms with Crippen molar-refractivity contribution in [2.45, 2.75) is 12.7 Å². The summed E-state index contributed by atoms with van der Waals surface area (Å²) in [7, 11) is -2.20. The molecule has 6 nitrogen and oxygen atoms in total. The maximum atomic E-state index is 12.2. The fourth-order valence-electron chi connectivity index (χ4n) is 1.69. The molecule has 0 fully saturated rings. The van der Waals surface area contributed by atoms with E-state index < -0.39 is 10.0 Å². The molecule has 0 saturated carbocycles. The number of carbonyl (C=O) groups is 1. The maximum absolute atomic E-state index is 12.2. The van der Waals surface area contributed by atoms with E-state index in [1.54, 1.807) is 31.2 Å². The molecular formula is C13H19N3O3S2. The SMILES string of the molecule is CCNC(=O)CN(C)S(=O)(=O)Cc1cccc(C(N)=S)c1. The summed E-state index contributed by atoms with van der Waals surface area (Å²) < 4.78 is 25.4. The van der Waals surface area contributed by atoms with Gasteiger partial charge in [0.25, 0.3) is 0 Å². The van der Waals surface area contributed by atoms with Gasteiger partial charge in [0.1, 0.15) is 4.99 Å². The molecule has 0 unspecified atom stereocenters. The van der Waals surface area contributed by atoms with Crippen LogP contribution < -0.4 is 11.1 Å². The molecule has 1 amide bonds. The molecule has 0 aromatic heterocycles. The predicted octanol–water partition coefficient (Wildman–Crippen LogP) is 0.219. The molecule has 0 aliphatic heterocycles. The Morgan fingerprint density at radius 3 is 2.67 bits per heavy atom. The van der Waals surface area contributed by atoms with Gasteiger partial charge in [-0.2, -0.15) is 4.31 Å². The summed E-state index contributed by atoms with van der Waals surface area (Å²) in [5, 5.41) is 2.56. The molecule has 0 aliphatic carbocycles. The minimum Gasteiger partial charge on any atom is -0.389 e. The highest BCUT2D eigenvalue weighted by molar-refractivity contribution is 7.88. The number of sulfonamides is 1. The lowest BCUT2D eigenvalue weighted by molar-refractivity contribution is -0.121. The molecule has 1 aromatic carbocycles. The van der Waals surface area contributed by atoms with Gasteiger partial charge in [0.15, 0.2) is 0 Å². The first-order valence-corrected chi connectivity index (χ1v) is 8.37. The fraction of sp³-hybridized carbons (Fsp3) is 0.385. The second-order valence-electron chi connectivity index (χ2n) is 4.53. The number of nitrogens with one attached hydrogen (secondary N) is 1. The normalized spacial score (nSPS) is 11.4. The van der Waals surface area contributed by atoms with Crippen LogP contribution in [0, 0.1) is 0 Å². The lowest BCUT2D eigenvalue weighted by Gasteiger charge is -2.16. The monoisotopic (exact) mass is 329 g/mol. The molecule has 1 aromatic rings. The smallest absolute Gasteiger partial charge is 0.235 e. The summed E-state index contributed by atoms with van der Waals surface area (Å²) >= 11 is 4.87. The van der Waals surface area contributed by atoms with Crippen LogP contribution in [0.15, 0.2) is 24.3 Å². The minimum atomic E-state index is -3.58. The highest BCUT2D eigenvalue weighted by Gasteiger charge is 2.21. The molecular weight excluding hydrogens is 310 g/mol. The number of amides is 1. The van der Waals surface area contributed by atoms with E-state index in [9.17, 15) is 13.2 Å². The van der Waals surface area contributed by atoms with E-state index >= 15 is 0 Å². The molecule has 116 valence electrons. The summed E-state index contributed by atoms with van der Waals surface area (Å²) in [5.74, 6) is -0.542. The van der Waals surface area contributed by atoms with Crippen LogP contribution in [-0.4, -0.2) is 43.8 Å². The second-order valence-corrected chi connectivity index (χ2v) is 7.05. The van der Waals surface area contributed by atoms with E-state index in [-0.39, 0.29) is 23.2 Å². The lowest BCUT2D eigenvalue weighted by Crippen LogP contribution is -2.38. The Morgan fingerprint density at radius 1 is 1.43 bits per heavy atom. The Balaban J connectivity index is 2.82. The van der Waals surface area contributed by atoms with Crippen molar-refractivity contribution in [1.29, 1.82) is 0 Å². The quantitative estimate of drug-likeness (QED) is 0.698. The first-order chi connectivity index (χ1) is 9.76. The number of nitrogens with two attached hydrogens (primary N) is 1. The van der Waals surface area contributed by atoms with Gasteiger partial charge in [0, 0.05) is 19.2 Å². The summed E-state index contributed by atoms with van der Waals surface area (Å²) in [6.07, 6.45) is 0. The van der Waals surface area contributed by atoms with Crippen LogP contribution in [0.5, 0.6) is 0 Å². The summed E-state index contributed by atoms with van der Waals surface area (Å²) in [5.41, 5.74) is 6.71. The Labute approximate surface area is 130 Å². The number of nitrogens with zero attached hydrogens (tertiary/aromatic N) is 1. The third kappa shape index (κ3) is 5.41. The lowest BCUT2D eigenvalue weighted by atomic mass is 10.1. The molecule has 8 heteroatoms. The first kappa shape index (κ1) is 17.5. The van der Waals surface area contributed by atoms with Gasteiger partial charge in [-0.1, -0.05) is 30.4 Å². The number of hydrogen-bond acceptors (Lipinski definition) is 4. The van der Waals surface area contributed by atoms with Crippen LogP contribution in [0.3, 0.4) is 0 Å². The highest BCUT2D eigenvalue weighted by atomic mass is 32.2. The van der Waals surface area contributed by atoms with Gasteiger partial charge >= 0.3 is 0 Å². The van der Waals surface area contributed by atoms with Crippen LogP contribution in [0.2, 0.25) is 0 Å². The average Bonchev–Trinajstić information content (AvgIpc) is 2.38. The molecule has 0 bridgehead atoms. The van der Waals surface area contributed by atoms with Gasteiger partial charge in [-0.05, 0) is 18.6 Å². The third-order valence-corrected chi connectivity index (χ3v) is 4.79. The van der Waals surface area contributed by atoms with Crippen molar-refractivity contribution in [3.05, 3.63) is 35.4 Å². The van der Waals surface area contributed by atoms with Crippen LogP contribution in [0.25, 0.3) is 0 Å². The van der Waals surface area contributed by atoms with Crippen molar-refractivity contribution in [2.75, 3.05) is 20.1 Å². The van der Waals surface area contributed by atoms with Gasteiger partial charge in [0.05, 0.1) is 12.3 Å². The van der Waals surface area contributed by atoms with Gasteiger partial charge in [-0.15, -0.1) is 0 Å². The van der Waals surface area contributed by atoms with Crippen molar-refractivity contribution in [1.82, 2.24) is 9.62 Å². The number of likely N-dealkylation sites (N-methyl/N-ethyl adjacent to an activating group) is 2. The van der Waals surface area contributed by atoms with E-state index in [0.717, 1.165) is 4.31 Å². The Kier molecular flexibility index (Phi) is 6.25. The van der Waals surface area contributed by atoms with E-state index in [1.807, 2.05) is 0 Å². The van der Waals surface area contributed by atoms with Crippen molar-refractivity contribution in [2.24, 2.45) is 5.73 Å². The third-order valence-electron chi connectivity index (χ3n) is 2.78. The molecule has 0 spiro atoms. The molecule has 0 saturated heterocycles. The van der Waals surface area contributed by atoms with Gasteiger partial charge < -0.3 is 11.1 Å². The van der Waals surface area contributed by atoms with Gasteiger partial charge in [-0.25, -0.2) is 8.42 Å². The molecule has 21 heavy (non-hydrogen) atoms. The topological polar surface area (TPSA) is 92.5 Å². The number of rotatable bonds is 7. The van der Waals surface area contributed by atoms with Crippen molar-refractivity contribution < 1.29 is 13.2 Å². The van der Waals surface area contributed by atoms with Crippen molar-refractivity contribution in [3.8, 4) is 0 Å². The van der Waals surface area contributed by atoms with Crippen molar-refractivity contribution >= 4 is 33.1 Å². The second kappa shape index (κ2) is 7.48. The zero-order valence-corrected chi connectivity index (χ0v) is 13.6.